The molecule has 1 amide bonds. The van der Waals surface area contributed by atoms with Crippen LogP contribution in [0.1, 0.15) is 54.5 Å². The highest BCUT2D eigenvalue weighted by molar-refractivity contribution is 6.46. The molecule has 170 valence electrons. The van der Waals surface area contributed by atoms with E-state index in [-0.39, 0.29) is 11.3 Å². The van der Waals surface area contributed by atoms with Crippen molar-refractivity contribution < 1.29 is 24.2 Å². The summed E-state index contributed by atoms with van der Waals surface area (Å²) in [7, 11) is 3.18. The van der Waals surface area contributed by atoms with Gasteiger partial charge in [0.25, 0.3) is 11.7 Å². The predicted octanol–water partition coefficient (Wildman–Crippen LogP) is 4.59. The Morgan fingerprint density at radius 2 is 1.78 bits per heavy atom. The number of ether oxygens (including phenoxy) is 2. The average molecular weight is 438 g/mol. The van der Waals surface area contributed by atoms with Crippen molar-refractivity contribution in [3.8, 4) is 5.75 Å². The first kappa shape index (κ1) is 23.5. The van der Waals surface area contributed by atoms with Crippen LogP contribution in [0.5, 0.6) is 5.75 Å². The zero-order valence-corrected chi connectivity index (χ0v) is 19.3. The number of Topliss-reactive ketones (excluding diaryl/α,β-unsaturated/α-hetero) is 1. The van der Waals surface area contributed by atoms with Crippen molar-refractivity contribution in [1.82, 2.24) is 4.90 Å². The summed E-state index contributed by atoms with van der Waals surface area (Å²) in [4.78, 5) is 27.5. The second-order valence-corrected chi connectivity index (χ2v) is 8.34. The third kappa shape index (κ3) is 4.55. The van der Waals surface area contributed by atoms with Gasteiger partial charge in [0.1, 0.15) is 11.5 Å². The maximum absolute atomic E-state index is 13.1. The number of benzene rings is 2. The number of aryl methyl sites for hydroxylation is 1. The molecule has 1 saturated heterocycles. The first-order valence-electron chi connectivity index (χ1n) is 10.8. The van der Waals surface area contributed by atoms with E-state index in [2.05, 4.69) is 13.8 Å². The lowest BCUT2D eigenvalue weighted by Gasteiger charge is -2.25. The number of aliphatic hydroxyl groups excluding tert-OH is 1. The van der Waals surface area contributed by atoms with Crippen LogP contribution < -0.4 is 4.74 Å². The Kier molecular flexibility index (Phi) is 7.36. The third-order valence-electron chi connectivity index (χ3n) is 5.87. The minimum absolute atomic E-state index is 0.106. The monoisotopic (exact) mass is 437 g/mol. The van der Waals surface area contributed by atoms with Crippen molar-refractivity contribution >= 4 is 17.4 Å². The molecular weight excluding hydrogens is 406 g/mol. The number of methoxy groups -OCH3 is 2. The first-order chi connectivity index (χ1) is 15.3. The Labute approximate surface area is 189 Å². The number of carbonyl (C=O) groups is 2. The van der Waals surface area contributed by atoms with Gasteiger partial charge in [-0.15, -0.1) is 0 Å². The summed E-state index contributed by atoms with van der Waals surface area (Å²) in [5, 5.41) is 11.2. The minimum Gasteiger partial charge on any atom is -0.507 e. The van der Waals surface area contributed by atoms with Gasteiger partial charge < -0.3 is 19.5 Å². The number of rotatable bonds is 8. The molecule has 1 fully saturated rings. The number of hydrogen-bond acceptors (Lipinski definition) is 5. The van der Waals surface area contributed by atoms with E-state index >= 15 is 0 Å². The van der Waals surface area contributed by atoms with Crippen LogP contribution in [0.2, 0.25) is 0 Å². The number of likely N-dealkylation sites (tertiary alicyclic amines) is 1. The summed E-state index contributed by atoms with van der Waals surface area (Å²) >= 11 is 0. The molecule has 2 aromatic carbocycles. The summed E-state index contributed by atoms with van der Waals surface area (Å²) in [6.07, 6.45) is 0.589. The van der Waals surface area contributed by atoms with Crippen molar-refractivity contribution in [1.29, 1.82) is 0 Å². The van der Waals surface area contributed by atoms with Crippen LogP contribution in [-0.4, -0.2) is 49.1 Å². The molecule has 6 heteroatoms. The third-order valence-corrected chi connectivity index (χ3v) is 5.87. The van der Waals surface area contributed by atoms with Gasteiger partial charge in [-0.25, -0.2) is 0 Å². The molecule has 0 spiro atoms. The number of aliphatic hydroxyl groups is 1. The van der Waals surface area contributed by atoms with Crippen LogP contribution in [0.15, 0.2) is 48.0 Å². The van der Waals surface area contributed by atoms with Crippen LogP contribution in [-0.2, 0) is 14.3 Å². The molecule has 0 aromatic heterocycles. The minimum atomic E-state index is -0.675. The highest BCUT2D eigenvalue weighted by atomic mass is 16.5. The standard InChI is InChI=1S/C26H31NO5/c1-16(2)18-7-9-19(10-8-18)23-22(25(29)26(30)27(23)13-6-14-31-4)24(28)20-11-12-21(32-5)17(3)15-20/h7-12,15-16,23,28H,6,13-14H2,1-5H3/b24-22-. The highest BCUT2D eigenvalue weighted by Crippen LogP contribution is 2.40. The zero-order chi connectivity index (χ0) is 23.4. The maximum Gasteiger partial charge on any atom is 0.295 e. The molecule has 1 aliphatic rings. The largest absolute Gasteiger partial charge is 0.507 e. The summed E-state index contributed by atoms with van der Waals surface area (Å²) < 4.78 is 10.4. The van der Waals surface area contributed by atoms with Gasteiger partial charge in [-0.05, 0) is 54.2 Å². The molecule has 1 heterocycles. The quantitative estimate of drug-likeness (QED) is 0.283. The van der Waals surface area contributed by atoms with Crippen molar-refractivity contribution in [2.45, 2.75) is 39.2 Å². The number of nitrogens with zero attached hydrogens (tertiary/aromatic N) is 1. The number of amides is 1. The summed E-state index contributed by atoms with van der Waals surface area (Å²) in [6, 6.07) is 12.4. The maximum atomic E-state index is 13.1. The lowest BCUT2D eigenvalue weighted by Crippen LogP contribution is -2.31. The Balaban J connectivity index is 2.12. The van der Waals surface area contributed by atoms with E-state index in [1.165, 1.54) is 4.90 Å². The van der Waals surface area contributed by atoms with Crippen LogP contribution in [0, 0.1) is 6.92 Å². The lowest BCUT2D eigenvalue weighted by atomic mass is 9.93. The number of ketones is 1. The fraction of sp³-hybridized carbons (Fsp3) is 0.385. The van der Waals surface area contributed by atoms with Crippen LogP contribution in [0.3, 0.4) is 0 Å². The summed E-state index contributed by atoms with van der Waals surface area (Å²) in [5.41, 5.74) is 3.36. The SMILES string of the molecule is COCCCN1C(=O)C(=O)/C(=C(\O)c2ccc(OC)c(C)c2)C1c1ccc(C(C)C)cc1. The van der Waals surface area contributed by atoms with E-state index in [1.807, 2.05) is 31.2 Å². The highest BCUT2D eigenvalue weighted by Gasteiger charge is 2.45. The smallest absolute Gasteiger partial charge is 0.295 e. The topological polar surface area (TPSA) is 76.1 Å². The molecule has 0 radical (unpaired) electrons. The van der Waals surface area contributed by atoms with E-state index in [9.17, 15) is 14.7 Å². The van der Waals surface area contributed by atoms with Crippen LogP contribution in [0.25, 0.3) is 5.76 Å². The van der Waals surface area contributed by atoms with Gasteiger partial charge in [0.15, 0.2) is 0 Å². The Bertz CT molecular complexity index is 1020. The van der Waals surface area contributed by atoms with E-state index in [0.717, 1.165) is 16.7 Å². The van der Waals surface area contributed by atoms with Gasteiger partial charge in [-0.3, -0.25) is 9.59 Å². The van der Waals surface area contributed by atoms with Gasteiger partial charge in [0.05, 0.1) is 18.7 Å². The van der Waals surface area contributed by atoms with Crippen molar-refractivity contribution in [3.63, 3.8) is 0 Å². The van der Waals surface area contributed by atoms with E-state index in [4.69, 9.17) is 9.47 Å². The molecule has 1 unspecified atom stereocenters. The molecule has 2 aromatic rings. The van der Waals surface area contributed by atoms with Gasteiger partial charge in [-0.1, -0.05) is 38.1 Å². The van der Waals surface area contributed by atoms with Crippen molar-refractivity contribution in [3.05, 3.63) is 70.3 Å². The molecule has 6 nitrogen and oxygen atoms in total. The zero-order valence-electron chi connectivity index (χ0n) is 19.3. The predicted molar refractivity (Wildman–Crippen MR) is 124 cm³/mol. The van der Waals surface area contributed by atoms with Gasteiger partial charge in [0, 0.05) is 25.8 Å². The molecule has 1 N–H and O–H groups in total. The normalized spacial score (nSPS) is 17.9. The molecule has 1 atom stereocenters. The molecule has 0 aliphatic carbocycles. The Morgan fingerprint density at radius 3 is 2.34 bits per heavy atom. The first-order valence-corrected chi connectivity index (χ1v) is 10.8. The average Bonchev–Trinajstić information content (AvgIpc) is 3.03. The fourth-order valence-electron chi connectivity index (χ4n) is 4.08. The van der Waals surface area contributed by atoms with Crippen LogP contribution in [0.4, 0.5) is 0 Å². The number of hydrogen-bond donors (Lipinski definition) is 1. The Morgan fingerprint density at radius 1 is 1.09 bits per heavy atom. The summed E-state index contributed by atoms with van der Waals surface area (Å²) in [5.74, 6) is -0.416. The van der Waals surface area contributed by atoms with Crippen molar-refractivity contribution in [2.75, 3.05) is 27.4 Å². The van der Waals surface area contributed by atoms with Crippen LogP contribution >= 0.6 is 0 Å². The second kappa shape index (κ2) is 10.0. The molecular formula is C26H31NO5. The summed E-state index contributed by atoms with van der Waals surface area (Å²) in [6.45, 7) is 6.91. The van der Waals surface area contributed by atoms with Gasteiger partial charge >= 0.3 is 0 Å². The van der Waals surface area contributed by atoms with Gasteiger partial charge in [0.2, 0.25) is 0 Å². The van der Waals surface area contributed by atoms with E-state index in [1.54, 1.807) is 32.4 Å². The molecule has 0 bridgehead atoms. The van der Waals surface area contributed by atoms with E-state index in [0.29, 0.717) is 36.8 Å². The molecule has 3 rings (SSSR count). The Hall–Kier alpha value is -3.12. The fourth-order valence-corrected chi connectivity index (χ4v) is 4.08. The van der Waals surface area contributed by atoms with Crippen molar-refractivity contribution in [2.24, 2.45) is 0 Å². The molecule has 0 saturated carbocycles. The molecule has 1 aliphatic heterocycles. The number of carbonyl (C=O) groups excluding carboxylic acids is 2. The molecule has 32 heavy (non-hydrogen) atoms. The lowest BCUT2D eigenvalue weighted by molar-refractivity contribution is -0.140. The second-order valence-electron chi connectivity index (χ2n) is 8.34. The van der Waals surface area contributed by atoms with E-state index < -0.39 is 17.7 Å². The van der Waals surface area contributed by atoms with Gasteiger partial charge in [-0.2, -0.15) is 0 Å².